The van der Waals surface area contributed by atoms with Gasteiger partial charge < -0.3 is 10.0 Å². The van der Waals surface area contributed by atoms with Crippen molar-refractivity contribution < 1.29 is 14.7 Å². The van der Waals surface area contributed by atoms with Gasteiger partial charge in [-0.15, -0.1) is 11.8 Å². The number of carbonyl (C=O) groups is 2. The maximum atomic E-state index is 12.7. The van der Waals surface area contributed by atoms with Gasteiger partial charge >= 0.3 is 12.0 Å². The number of rotatable bonds is 2. The number of hydrogen-bond donors (Lipinski definition) is 1. The van der Waals surface area contributed by atoms with Gasteiger partial charge in [0.15, 0.2) is 0 Å². The first-order valence-electron chi connectivity index (χ1n) is 7.62. The van der Waals surface area contributed by atoms with Crippen LogP contribution in [-0.2, 0) is 4.79 Å². The van der Waals surface area contributed by atoms with Gasteiger partial charge in [0.05, 0.1) is 5.37 Å². The Morgan fingerprint density at radius 1 is 1.29 bits per heavy atom. The molecular weight excluding hydrogens is 288 g/mol. The van der Waals surface area contributed by atoms with E-state index in [0.29, 0.717) is 11.2 Å². The predicted molar refractivity (Wildman–Crippen MR) is 84.4 cm³/mol. The van der Waals surface area contributed by atoms with Crippen molar-refractivity contribution in [3.63, 3.8) is 0 Å². The van der Waals surface area contributed by atoms with Crippen molar-refractivity contribution in [2.45, 2.75) is 63.9 Å². The standard InChI is InChI=1S/C15H26N2O3S/c1-10-17(12(9-21-10)13(18)19)14(20)16(4)11-5-7-15(2,3)8-6-11/h10-12H,5-9H2,1-4H3,(H,18,19). The lowest BCUT2D eigenvalue weighted by atomic mass is 9.75. The Morgan fingerprint density at radius 2 is 1.86 bits per heavy atom. The minimum absolute atomic E-state index is 0.0684. The highest BCUT2D eigenvalue weighted by molar-refractivity contribution is 8.00. The number of nitrogens with zero attached hydrogens (tertiary/aromatic N) is 2. The maximum absolute atomic E-state index is 12.7. The summed E-state index contributed by atoms with van der Waals surface area (Å²) in [4.78, 5) is 27.3. The van der Waals surface area contributed by atoms with Crippen LogP contribution in [0.3, 0.4) is 0 Å². The Labute approximate surface area is 131 Å². The Balaban J connectivity index is 2.03. The fraction of sp³-hybridized carbons (Fsp3) is 0.867. The summed E-state index contributed by atoms with van der Waals surface area (Å²) in [7, 11) is 1.82. The normalized spacial score (nSPS) is 29.4. The van der Waals surface area contributed by atoms with E-state index in [1.165, 1.54) is 16.7 Å². The van der Waals surface area contributed by atoms with E-state index < -0.39 is 12.0 Å². The molecule has 2 atom stereocenters. The second-order valence-electron chi connectivity index (χ2n) is 6.98. The fourth-order valence-corrected chi connectivity index (χ4v) is 4.39. The highest BCUT2D eigenvalue weighted by Crippen LogP contribution is 2.37. The largest absolute Gasteiger partial charge is 0.480 e. The Bertz CT molecular complexity index is 417. The van der Waals surface area contributed by atoms with Crippen LogP contribution in [0.25, 0.3) is 0 Å². The second kappa shape index (κ2) is 6.07. The molecule has 2 aliphatic rings. The lowest BCUT2D eigenvalue weighted by Gasteiger charge is -2.40. The zero-order valence-electron chi connectivity index (χ0n) is 13.3. The number of carbonyl (C=O) groups excluding carboxylic acids is 1. The Kier molecular flexibility index (Phi) is 4.76. The molecule has 1 saturated carbocycles. The van der Waals surface area contributed by atoms with Crippen molar-refractivity contribution in [2.24, 2.45) is 5.41 Å². The van der Waals surface area contributed by atoms with Crippen LogP contribution in [0.5, 0.6) is 0 Å². The first kappa shape index (κ1) is 16.5. The SMILES string of the molecule is CC1SCC(C(=O)O)N1C(=O)N(C)C1CCC(C)(C)CC1. The van der Waals surface area contributed by atoms with E-state index in [4.69, 9.17) is 0 Å². The van der Waals surface area contributed by atoms with Crippen LogP contribution in [0.15, 0.2) is 0 Å². The molecule has 1 N–H and O–H groups in total. The van der Waals surface area contributed by atoms with Crippen molar-refractivity contribution in [1.29, 1.82) is 0 Å². The first-order chi connectivity index (χ1) is 9.73. The van der Waals surface area contributed by atoms with Crippen molar-refractivity contribution in [2.75, 3.05) is 12.8 Å². The van der Waals surface area contributed by atoms with Gasteiger partial charge in [0.1, 0.15) is 6.04 Å². The number of hydrogen-bond acceptors (Lipinski definition) is 3. The monoisotopic (exact) mass is 314 g/mol. The molecule has 2 unspecified atom stereocenters. The number of amides is 2. The molecule has 1 heterocycles. The first-order valence-corrected chi connectivity index (χ1v) is 8.67. The van der Waals surface area contributed by atoms with Crippen molar-refractivity contribution in [3.05, 3.63) is 0 Å². The minimum Gasteiger partial charge on any atom is -0.480 e. The van der Waals surface area contributed by atoms with E-state index in [-0.39, 0.29) is 17.4 Å². The molecule has 2 fully saturated rings. The minimum atomic E-state index is -0.904. The van der Waals surface area contributed by atoms with Crippen LogP contribution < -0.4 is 0 Å². The smallest absolute Gasteiger partial charge is 0.327 e. The average molecular weight is 314 g/mol. The molecular formula is C15H26N2O3S. The molecule has 6 heteroatoms. The van der Waals surface area contributed by atoms with Gasteiger partial charge in [-0.1, -0.05) is 13.8 Å². The molecule has 1 aliphatic heterocycles. The third-order valence-corrected chi connectivity index (χ3v) is 6.10. The molecule has 1 aliphatic carbocycles. The number of carboxylic acid groups (broad SMARTS) is 1. The lowest BCUT2D eigenvalue weighted by Crippen LogP contribution is -2.53. The molecule has 21 heavy (non-hydrogen) atoms. The quantitative estimate of drug-likeness (QED) is 0.851. The molecule has 2 rings (SSSR count). The van der Waals surface area contributed by atoms with E-state index in [0.717, 1.165) is 25.7 Å². The molecule has 120 valence electrons. The zero-order valence-corrected chi connectivity index (χ0v) is 14.2. The van der Waals surface area contributed by atoms with Gasteiger partial charge in [0, 0.05) is 18.8 Å². The molecule has 0 spiro atoms. The second-order valence-corrected chi connectivity index (χ2v) is 8.33. The number of carboxylic acids is 1. The van der Waals surface area contributed by atoms with Crippen LogP contribution in [-0.4, -0.2) is 57.2 Å². The predicted octanol–water partition coefficient (Wildman–Crippen LogP) is 2.86. The molecule has 0 radical (unpaired) electrons. The summed E-state index contributed by atoms with van der Waals surface area (Å²) >= 11 is 1.53. The summed E-state index contributed by atoms with van der Waals surface area (Å²) in [6, 6.07) is -0.595. The molecule has 1 saturated heterocycles. The van der Waals surface area contributed by atoms with Crippen LogP contribution in [0.1, 0.15) is 46.5 Å². The molecule has 0 bridgehead atoms. The lowest BCUT2D eigenvalue weighted by molar-refractivity contribution is -0.141. The molecule has 2 amide bonds. The third kappa shape index (κ3) is 3.47. The molecule has 0 aromatic rings. The van der Waals surface area contributed by atoms with Gasteiger partial charge in [0.25, 0.3) is 0 Å². The topological polar surface area (TPSA) is 60.9 Å². The van der Waals surface area contributed by atoms with Gasteiger partial charge in [-0.2, -0.15) is 0 Å². The van der Waals surface area contributed by atoms with Crippen molar-refractivity contribution >= 4 is 23.8 Å². The van der Waals surface area contributed by atoms with Gasteiger partial charge in [-0.05, 0) is 38.0 Å². The van der Waals surface area contributed by atoms with Crippen LogP contribution in [0, 0.1) is 5.41 Å². The number of aliphatic carboxylic acids is 1. The third-order valence-electron chi connectivity index (χ3n) is 4.89. The highest BCUT2D eigenvalue weighted by atomic mass is 32.2. The van der Waals surface area contributed by atoms with Crippen molar-refractivity contribution in [3.8, 4) is 0 Å². The molecule has 0 aromatic carbocycles. The zero-order chi connectivity index (χ0) is 15.8. The molecule has 5 nitrogen and oxygen atoms in total. The van der Waals surface area contributed by atoms with E-state index in [9.17, 15) is 14.7 Å². The van der Waals surface area contributed by atoms with Crippen LogP contribution in [0.2, 0.25) is 0 Å². The number of urea groups is 1. The van der Waals surface area contributed by atoms with Gasteiger partial charge in [0.2, 0.25) is 0 Å². The highest BCUT2D eigenvalue weighted by Gasteiger charge is 2.42. The van der Waals surface area contributed by atoms with Gasteiger partial charge in [-0.25, -0.2) is 9.59 Å². The fourth-order valence-electron chi connectivity index (χ4n) is 3.23. The summed E-state index contributed by atoms with van der Waals surface area (Å²) in [5, 5.41) is 9.22. The van der Waals surface area contributed by atoms with Crippen molar-refractivity contribution in [1.82, 2.24) is 9.80 Å². The van der Waals surface area contributed by atoms with Crippen LogP contribution in [0.4, 0.5) is 4.79 Å². The summed E-state index contributed by atoms with van der Waals surface area (Å²) < 4.78 is 0. The van der Waals surface area contributed by atoms with E-state index >= 15 is 0 Å². The van der Waals surface area contributed by atoms with E-state index in [1.54, 1.807) is 4.90 Å². The average Bonchev–Trinajstić information content (AvgIpc) is 2.79. The van der Waals surface area contributed by atoms with Crippen LogP contribution >= 0.6 is 11.8 Å². The van der Waals surface area contributed by atoms with Gasteiger partial charge in [-0.3, -0.25) is 4.90 Å². The number of thioether (sulfide) groups is 1. The summed E-state index contributed by atoms with van der Waals surface area (Å²) in [5.74, 6) is -0.424. The summed E-state index contributed by atoms with van der Waals surface area (Å²) in [6.45, 7) is 6.44. The Hall–Kier alpha value is -0.910. The summed E-state index contributed by atoms with van der Waals surface area (Å²) in [5.41, 5.74) is 0.362. The Morgan fingerprint density at radius 3 is 2.38 bits per heavy atom. The van der Waals surface area contributed by atoms with E-state index in [1.807, 2.05) is 14.0 Å². The molecule has 0 aromatic heterocycles. The maximum Gasteiger partial charge on any atom is 0.327 e. The van der Waals surface area contributed by atoms with E-state index in [2.05, 4.69) is 13.8 Å². The summed E-state index contributed by atoms with van der Waals surface area (Å²) in [6.07, 6.45) is 4.23.